The van der Waals surface area contributed by atoms with Gasteiger partial charge in [-0.3, -0.25) is 25.3 Å². The van der Waals surface area contributed by atoms with Crippen LogP contribution in [0.5, 0.6) is 0 Å². The minimum atomic E-state index is -0.715. The lowest BCUT2D eigenvalue weighted by Gasteiger charge is -2.39. The van der Waals surface area contributed by atoms with Gasteiger partial charge in [0.2, 0.25) is 0 Å². The van der Waals surface area contributed by atoms with Crippen molar-refractivity contribution in [2.45, 2.75) is 26.1 Å². The Bertz CT molecular complexity index is 819. The molecule has 4 amide bonds. The van der Waals surface area contributed by atoms with Crippen molar-refractivity contribution in [3.8, 4) is 0 Å². The molecule has 1 saturated heterocycles. The molecule has 144 valence electrons. The molecule has 1 fully saturated rings. The molecule has 2 aliphatic heterocycles. The maximum atomic E-state index is 12.4. The highest BCUT2D eigenvalue weighted by Gasteiger charge is 2.48. The largest absolute Gasteiger partial charge is 0.338 e. The molecule has 0 saturated carbocycles. The summed E-state index contributed by atoms with van der Waals surface area (Å²) in [5.41, 5.74) is 7.94. The lowest BCUT2D eigenvalue weighted by molar-refractivity contribution is -0.136. The molecule has 0 aliphatic carbocycles. The molecule has 10 heteroatoms. The summed E-state index contributed by atoms with van der Waals surface area (Å²) in [6, 6.07) is 2.61. The van der Waals surface area contributed by atoms with Crippen LogP contribution in [0.25, 0.3) is 0 Å². The van der Waals surface area contributed by atoms with Gasteiger partial charge in [0.05, 0.1) is 17.0 Å². The number of anilines is 1. The van der Waals surface area contributed by atoms with E-state index in [1.807, 2.05) is 19.9 Å². The molecule has 0 aromatic heterocycles. The molecule has 0 spiro atoms. The topological polar surface area (TPSA) is 97.3 Å². The minimum absolute atomic E-state index is 0.0954. The first kappa shape index (κ1) is 19.0. The zero-order chi connectivity index (χ0) is 19.9. The van der Waals surface area contributed by atoms with E-state index >= 15 is 0 Å². The van der Waals surface area contributed by atoms with Gasteiger partial charge in [-0.05, 0) is 31.0 Å². The van der Waals surface area contributed by atoms with Crippen molar-refractivity contribution in [3.05, 3.63) is 28.3 Å². The molecule has 27 heavy (non-hydrogen) atoms. The number of carbonyl (C=O) groups excluding carboxylic acids is 3. The Hall–Kier alpha value is -2.81. The average Bonchev–Trinajstić information content (AvgIpc) is 3.00. The summed E-state index contributed by atoms with van der Waals surface area (Å²) in [5, 5.41) is 0.500. The van der Waals surface area contributed by atoms with Crippen LogP contribution in [-0.2, 0) is 9.59 Å². The number of amides is 4. The fraction of sp³-hybridized carbons (Fsp3) is 0.412. The van der Waals surface area contributed by atoms with Gasteiger partial charge in [-0.15, -0.1) is 0 Å². The van der Waals surface area contributed by atoms with Crippen LogP contribution in [0.1, 0.15) is 11.1 Å². The first-order valence-corrected chi connectivity index (χ1v) is 8.73. The molecule has 2 atom stereocenters. The molecule has 2 unspecified atom stereocenters. The fourth-order valence-electron chi connectivity index (χ4n) is 3.25. The number of urea groups is 1. The van der Waals surface area contributed by atoms with Crippen LogP contribution in [0.15, 0.2) is 17.1 Å². The third-order valence-corrected chi connectivity index (χ3v) is 4.96. The Labute approximate surface area is 161 Å². The molecule has 2 aliphatic rings. The Morgan fingerprint density at radius 2 is 1.96 bits per heavy atom. The van der Waals surface area contributed by atoms with E-state index in [0.29, 0.717) is 10.7 Å². The molecular formula is C17H21ClN6O3. The SMILES string of the molecule is Cc1cc(C)c(NNC(=O)CN2C=NC3C2C(=O)N(C)C(=O)N3C)c(Cl)c1. The van der Waals surface area contributed by atoms with Gasteiger partial charge in [0.25, 0.3) is 11.8 Å². The summed E-state index contributed by atoms with van der Waals surface area (Å²) in [5.74, 6) is -0.757. The zero-order valence-corrected chi connectivity index (χ0v) is 16.2. The van der Waals surface area contributed by atoms with Crippen LogP contribution in [0.2, 0.25) is 5.02 Å². The van der Waals surface area contributed by atoms with Gasteiger partial charge >= 0.3 is 6.03 Å². The minimum Gasteiger partial charge on any atom is -0.338 e. The highest BCUT2D eigenvalue weighted by molar-refractivity contribution is 6.33. The molecule has 2 N–H and O–H groups in total. The summed E-state index contributed by atoms with van der Waals surface area (Å²) < 4.78 is 0. The second-order valence-corrected chi connectivity index (χ2v) is 7.11. The van der Waals surface area contributed by atoms with Gasteiger partial charge in [0.1, 0.15) is 6.54 Å². The number of aryl methyl sites for hydroxylation is 2. The van der Waals surface area contributed by atoms with Crippen molar-refractivity contribution in [2.75, 3.05) is 26.1 Å². The molecule has 3 rings (SSSR count). The number of nitrogens with one attached hydrogen (secondary N) is 2. The normalized spacial score (nSPS) is 21.6. The van der Waals surface area contributed by atoms with E-state index in [1.165, 1.54) is 23.2 Å². The molecule has 0 bridgehead atoms. The third-order valence-electron chi connectivity index (χ3n) is 4.66. The molecule has 9 nitrogen and oxygen atoms in total. The maximum absolute atomic E-state index is 12.4. The number of hydrogen-bond acceptors (Lipinski definition) is 6. The standard InChI is InChI=1S/C17H21ClN6O3/c1-9-5-10(2)13(11(18)6-9)21-20-12(25)7-24-8-19-15-14(24)16(26)23(4)17(27)22(15)3/h5-6,8,14-15,21H,7H2,1-4H3,(H,20,25). The fourth-order valence-corrected chi connectivity index (χ4v) is 3.62. The van der Waals surface area contributed by atoms with Gasteiger partial charge in [0.15, 0.2) is 12.2 Å². The first-order valence-electron chi connectivity index (χ1n) is 8.35. The second-order valence-electron chi connectivity index (χ2n) is 6.70. The number of nitrogens with zero attached hydrogens (tertiary/aromatic N) is 4. The highest BCUT2D eigenvalue weighted by atomic mass is 35.5. The van der Waals surface area contributed by atoms with Gasteiger partial charge in [-0.1, -0.05) is 17.7 Å². The first-order chi connectivity index (χ1) is 12.7. The summed E-state index contributed by atoms with van der Waals surface area (Å²) in [6.45, 7) is 3.72. The van der Waals surface area contributed by atoms with Crippen molar-refractivity contribution in [1.82, 2.24) is 20.1 Å². The van der Waals surface area contributed by atoms with Crippen LogP contribution in [0, 0.1) is 13.8 Å². The highest BCUT2D eigenvalue weighted by Crippen LogP contribution is 2.27. The number of fused-ring (bicyclic) bond motifs is 1. The summed E-state index contributed by atoms with van der Waals surface area (Å²) in [4.78, 5) is 44.9. The number of benzene rings is 1. The Morgan fingerprint density at radius 1 is 1.26 bits per heavy atom. The quantitative estimate of drug-likeness (QED) is 0.744. The van der Waals surface area contributed by atoms with Crippen LogP contribution in [0.3, 0.4) is 0 Å². The predicted molar refractivity (Wildman–Crippen MR) is 101 cm³/mol. The Balaban J connectivity index is 1.65. The Morgan fingerprint density at radius 3 is 2.63 bits per heavy atom. The third kappa shape index (κ3) is 3.42. The van der Waals surface area contributed by atoms with E-state index in [9.17, 15) is 14.4 Å². The van der Waals surface area contributed by atoms with Crippen LogP contribution in [0.4, 0.5) is 10.5 Å². The number of hydrazine groups is 1. The summed E-state index contributed by atoms with van der Waals surface area (Å²) in [7, 11) is 2.99. The zero-order valence-electron chi connectivity index (χ0n) is 15.5. The van der Waals surface area contributed by atoms with Gasteiger partial charge < -0.3 is 9.80 Å². The predicted octanol–water partition coefficient (Wildman–Crippen LogP) is 0.962. The van der Waals surface area contributed by atoms with Crippen molar-refractivity contribution in [3.63, 3.8) is 0 Å². The molecule has 2 heterocycles. The summed E-state index contributed by atoms with van der Waals surface area (Å²) in [6.07, 6.45) is 0.801. The van der Waals surface area contributed by atoms with E-state index in [1.54, 1.807) is 13.1 Å². The van der Waals surface area contributed by atoms with Crippen molar-refractivity contribution in [1.29, 1.82) is 0 Å². The van der Waals surface area contributed by atoms with E-state index in [0.717, 1.165) is 16.0 Å². The number of carbonyl (C=O) groups is 3. The molecular weight excluding hydrogens is 372 g/mol. The van der Waals surface area contributed by atoms with E-state index in [-0.39, 0.29) is 12.5 Å². The van der Waals surface area contributed by atoms with E-state index < -0.39 is 24.1 Å². The van der Waals surface area contributed by atoms with E-state index in [4.69, 9.17) is 11.6 Å². The van der Waals surface area contributed by atoms with Crippen molar-refractivity contribution >= 4 is 41.5 Å². The summed E-state index contributed by atoms with van der Waals surface area (Å²) >= 11 is 6.21. The number of aliphatic imine (C=N–C) groups is 1. The van der Waals surface area contributed by atoms with Gasteiger partial charge in [0, 0.05) is 14.1 Å². The number of halogens is 1. The lowest BCUT2D eigenvalue weighted by atomic mass is 10.1. The van der Waals surface area contributed by atoms with E-state index in [2.05, 4.69) is 15.8 Å². The number of imide groups is 1. The number of hydrogen-bond donors (Lipinski definition) is 2. The van der Waals surface area contributed by atoms with Crippen molar-refractivity contribution in [2.24, 2.45) is 4.99 Å². The smallest absolute Gasteiger partial charge is 0.328 e. The van der Waals surface area contributed by atoms with Crippen molar-refractivity contribution < 1.29 is 14.4 Å². The maximum Gasteiger partial charge on any atom is 0.328 e. The molecule has 0 radical (unpaired) electrons. The van der Waals surface area contributed by atoms with Gasteiger partial charge in [-0.2, -0.15) is 0 Å². The van der Waals surface area contributed by atoms with Gasteiger partial charge in [-0.25, -0.2) is 9.79 Å². The second kappa shape index (κ2) is 7.07. The Kier molecular flexibility index (Phi) is 4.97. The number of likely N-dealkylation sites (N-methyl/N-ethyl adjacent to an activating group) is 2. The average molecular weight is 393 g/mol. The van der Waals surface area contributed by atoms with Crippen LogP contribution in [-0.4, -0.2) is 71.7 Å². The van der Waals surface area contributed by atoms with Crippen LogP contribution < -0.4 is 10.9 Å². The molecule has 1 aromatic rings. The van der Waals surface area contributed by atoms with Crippen LogP contribution >= 0.6 is 11.6 Å². The number of rotatable bonds is 4. The lowest BCUT2D eigenvalue weighted by Crippen LogP contribution is -2.64. The monoisotopic (exact) mass is 392 g/mol. The molecule has 1 aromatic carbocycles.